The molecule has 3 N–H and O–H groups in total. The van der Waals surface area contributed by atoms with Crippen molar-refractivity contribution in [3.05, 3.63) is 52.2 Å². The van der Waals surface area contributed by atoms with Gasteiger partial charge in [-0.1, -0.05) is 25.1 Å². The number of sulfone groups is 1. The predicted molar refractivity (Wildman–Crippen MR) is 158 cm³/mol. The van der Waals surface area contributed by atoms with Crippen LogP contribution in [0.4, 0.5) is 0 Å². The summed E-state index contributed by atoms with van der Waals surface area (Å²) in [5, 5.41) is 15.3. The fourth-order valence-electron chi connectivity index (χ4n) is 2.92. The molecule has 11 nitrogen and oxygen atoms in total. The van der Waals surface area contributed by atoms with E-state index in [4.69, 9.17) is 5.26 Å². The van der Waals surface area contributed by atoms with Gasteiger partial charge in [0, 0.05) is 40.0 Å². The average molecular weight is 601 g/mol. The molecule has 1 saturated heterocycles. The number of aliphatic imine (C=N–C) groups is 1. The first kappa shape index (κ1) is 36.0. The van der Waals surface area contributed by atoms with Gasteiger partial charge in [-0.05, 0) is 55.3 Å². The van der Waals surface area contributed by atoms with Crippen molar-refractivity contribution in [2.45, 2.75) is 38.0 Å². The lowest BCUT2D eigenvalue weighted by Gasteiger charge is -2.16. The van der Waals surface area contributed by atoms with E-state index >= 15 is 0 Å². The maximum Gasteiger partial charge on any atom is 0.261 e. The van der Waals surface area contributed by atoms with Gasteiger partial charge in [0.15, 0.2) is 16.0 Å². The summed E-state index contributed by atoms with van der Waals surface area (Å²) in [7, 11) is -2.64. The van der Waals surface area contributed by atoms with Crippen LogP contribution in [0, 0.1) is 18.4 Å². The molecular formula is C25H40N6O5S3. The van der Waals surface area contributed by atoms with Crippen molar-refractivity contribution in [1.29, 1.82) is 5.26 Å². The number of aryl methyl sites for hydroxylation is 1. The van der Waals surface area contributed by atoms with Crippen molar-refractivity contribution in [3.63, 3.8) is 0 Å². The van der Waals surface area contributed by atoms with Gasteiger partial charge in [0.05, 0.1) is 16.0 Å². The molecule has 0 atom stereocenters. The number of thiophene rings is 1. The lowest BCUT2D eigenvalue weighted by atomic mass is 10.2. The Hall–Kier alpha value is -2.99. The number of hydrogen-bond acceptors (Lipinski definition) is 8. The van der Waals surface area contributed by atoms with E-state index in [0.29, 0.717) is 17.4 Å². The van der Waals surface area contributed by atoms with Crippen LogP contribution in [0.2, 0.25) is 0 Å². The minimum Gasteiger partial charge on any atom is -0.354 e. The van der Waals surface area contributed by atoms with E-state index in [9.17, 15) is 21.6 Å². The third-order valence-corrected chi connectivity index (χ3v) is 7.50. The van der Waals surface area contributed by atoms with Crippen LogP contribution in [-0.2, 0) is 19.9 Å². The highest BCUT2D eigenvalue weighted by molar-refractivity contribution is 7.90. The smallest absolute Gasteiger partial charge is 0.261 e. The first-order chi connectivity index (χ1) is 18.3. The molecule has 0 radical (unpaired) electrons. The van der Waals surface area contributed by atoms with E-state index in [0.717, 1.165) is 36.2 Å². The fraction of sp³-hybridized carbons (Fsp3) is 0.480. The number of nitrogens with one attached hydrogen (secondary N) is 3. The second kappa shape index (κ2) is 19.1. The Labute approximate surface area is 237 Å². The number of nitrogens with zero attached hydrogens (tertiary/aromatic N) is 3. The number of carbonyl (C=O) groups is 1. The van der Waals surface area contributed by atoms with E-state index in [-0.39, 0.29) is 5.91 Å². The Morgan fingerprint density at radius 1 is 1.13 bits per heavy atom. The average Bonchev–Trinajstić information content (AvgIpc) is 3.61. The van der Waals surface area contributed by atoms with Gasteiger partial charge in [-0.15, -0.1) is 11.3 Å². The van der Waals surface area contributed by atoms with Crippen LogP contribution in [0.1, 0.15) is 41.4 Å². The summed E-state index contributed by atoms with van der Waals surface area (Å²) >= 11 is 1.44. The molecular weight excluding hydrogens is 561 g/mol. The molecule has 1 fully saturated rings. The first-order valence-corrected chi connectivity index (χ1v) is 16.8. The van der Waals surface area contributed by atoms with Crippen LogP contribution < -0.4 is 15.4 Å². The molecule has 0 unspecified atom stereocenters. The van der Waals surface area contributed by atoms with E-state index in [1.165, 1.54) is 30.4 Å². The largest absolute Gasteiger partial charge is 0.354 e. The van der Waals surface area contributed by atoms with Crippen molar-refractivity contribution in [2.75, 3.05) is 46.2 Å². The van der Waals surface area contributed by atoms with Gasteiger partial charge in [0.25, 0.3) is 5.91 Å². The Morgan fingerprint density at radius 3 is 2.13 bits per heavy atom. The van der Waals surface area contributed by atoms with Crippen molar-refractivity contribution < 1.29 is 21.6 Å². The Morgan fingerprint density at radius 2 is 1.77 bits per heavy atom. The summed E-state index contributed by atoms with van der Waals surface area (Å²) in [6, 6.07) is 10.5. The third kappa shape index (κ3) is 17.3. The molecule has 1 aromatic carbocycles. The molecule has 2 heterocycles. The highest BCUT2D eigenvalue weighted by Gasteiger charge is 2.14. The molecule has 2 aromatic rings. The molecule has 1 amide bonds. The van der Waals surface area contributed by atoms with Gasteiger partial charge >= 0.3 is 0 Å². The van der Waals surface area contributed by atoms with Crippen molar-refractivity contribution in [1.82, 2.24) is 20.3 Å². The zero-order valence-corrected chi connectivity index (χ0v) is 25.8. The number of hydrogen-bond donors (Lipinski definition) is 3. The lowest BCUT2D eigenvalue weighted by molar-refractivity contribution is 0.0967. The van der Waals surface area contributed by atoms with Gasteiger partial charge in [-0.3, -0.25) is 15.1 Å². The van der Waals surface area contributed by atoms with Crippen LogP contribution in [0.25, 0.3) is 0 Å². The minimum absolute atomic E-state index is 0.00926. The Bertz CT molecular complexity index is 1270. The van der Waals surface area contributed by atoms with Crippen LogP contribution in [0.3, 0.4) is 0 Å². The minimum atomic E-state index is -3.03. The molecule has 39 heavy (non-hydrogen) atoms. The third-order valence-electron chi connectivity index (χ3n) is 4.79. The molecule has 0 aliphatic carbocycles. The number of guanidine groups is 1. The van der Waals surface area contributed by atoms with Gasteiger partial charge < -0.3 is 10.2 Å². The molecule has 0 spiro atoms. The number of sulfonamides is 1. The van der Waals surface area contributed by atoms with Crippen LogP contribution in [0.5, 0.6) is 0 Å². The van der Waals surface area contributed by atoms with Gasteiger partial charge in [0.1, 0.15) is 0 Å². The summed E-state index contributed by atoms with van der Waals surface area (Å²) in [5.41, 5.74) is 0.966. The molecule has 218 valence electrons. The molecule has 0 bridgehead atoms. The van der Waals surface area contributed by atoms with Crippen LogP contribution in [-0.4, -0.2) is 79.8 Å². The Kier molecular flexibility index (Phi) is 17.7. The number of carbonyl (C=O) groups excluding carboxylic acids is 1. The predicted octanol–water partition coefficient (Wildman–Crippen LogP) is 2.59. The maximum atomic E-state index is 11.0. The lowest BCUT2D eigenvalue weighted by Crippen LogP contribution is -2.36. The zero-order valence-electron chi connectivity index (χ0n) is 23.4. The zero-order chi connectivity index (χ0) is 29.9. The van der Waals surface area contributed by atoms with Gasteiger partial charge in [-0.25, -0.2) is 21.6 Å². The summed E-state index contributed by atoms with van der Waals surface area (Å²) in [4.78, 5) is 18.0. The summed E-state index contributed by atoms with van der Waals surface area (Å²) in [5.74, 6) is 0.690. The van der Waals surface area contributed by atoms with E-state index in [1.54, 1.807) is 38.4 Å². The quantitative estimate of drug-likeness (QED) is 0.204. The number of nitriles is 1. The molecule has 14 heteroatoms. The van der Waals surface area contributed by atoms with Gasteiger partial charge in [-0.2, -0.15) is 5.26 Å². The highest BCUT2D eigenvalue weighted by atomic mass is 32.2. The monoisotopic (exact) mass is 600 g/mol. The van der Waals surface area contributed by atoms with Crippen molar-refractivity contribution in [3.8, 4) is 6.19 Å². The normalized spacial score (nSPS) is 12.8. The van der Waals surface area contributed by atoms with E-state index < -0.39 is 19.9 Å². The second-order valence-corrected chi connectivity index (χ2v) is 13.1. The van der Waals surface area contributed by atoms with Crippen molar-refractivity contribution in [2.24, 2.45) is 4.99 Å². The van der Waals surface area contributed by atoms with E-state index in [2.05, 4.69) is 25.2 Å². The number of likely N-dealkylation sites (tertiary alicyclic amines) is 1. The molecule has 1 aliphatic heterocycles. The summed E-state index contributed by atoms with van der Waals surface area (Å²) < 4.78 is 44.9. The molecule has 1 aromatic heterocycles. The highest BCUT2D eigenvalue weighted by Crippen LogP contribution is 2.10. The van der Waals surface area contributed by atoms with E-state index in [1.807, 2.05) is 37.6 Å². The van der Waals surface area contributed by atoms with Crippen molar-refractivity contribution >= 4 is 43.1 Å². The second-order valence-electron chi connectivity index (χ2n) is 8.29. The maximum absolute atomic E-state index is 11.0. The van der Waals surface area contributed by atoms with Gasteiger partial charge in [0.2, 0.25) is 16.0 Å². The van der Waals surface area contributed by atoms with Crippen LogP contribution in [0.15, 0.2) is 51.7 Å². The molecule has 3 rings (SSSR count). The molecule has 1 aliphatic rings. The summed E-state index contributed by atoms with van der Waals surface area (Å²) in [6.07, 6.45) is 7.48. The molecule has 0 saturated carbocycles. The fourth-order valence-corrected chi connectivity index (χ4v) is 4.89. The Balaban J connectivity index is 0.000000498. The number of rotatable bonds is 5. The summed E-state index contributed by atoms with van der Waals surface area (Å²) in [6.45, 7) is 6.36. The SMILES string of the molecule is CCCNS(C)(=O)=O.CN=C(NC#N)N1CCCC1.CNC(=O)c1cccs1.Cc1cccc(S(C)(=O)=O)c1. The number of amides is 1. The number of benzene rings is 1. The standard InChI is InChI=1S/C8H10O2S.C7H12N4.C6H7NOS.C4H11NO2S/c1-7-4-3-5-8(6-7)11(2,9)10;1-9-7(10-6-8)11-4-2-3-5-11;1-7-6(8)5-3-2-4-9-5;1-3-4-5-8(2,6)7/h3-6H,1-2H3;2-5H2,1H3,(H,9,10);2-4H,1H3,(H,7,8);5H,3-4H2,1-2H3. The van der Waals surface area contributed by atoms with Crippen LogP contribution >= 0.6 is 11.3 Å². The first-order valence-electron chi connectivity index (χ1n) is 12.1. The topological polar surface area (TPSA) is 161 Å².